The summed E-state index contributed by atoms with van der Waals surface area (Å²) in [5, 5.41) is 0.689. The number of hydrogen-bond acceptors (Lipinski definition) is 2. The van der Waals surface area contributed by atoms with Crippen LogP contribution >= 0.6 is 27.7 Å². The Kier molecular flexibility index (Phi) is 6.24. The van der Waals surface area contributed by atoms with Crippen LogP contribution < -0.4 is 5.73 Å². The molecule has 2 rings (SSSR count). The van der Waals surface area contributed by atoms with Crippen LogP contribution in [-0.4, -0.2) is 11.8 Å². The van der Waals surface area contributed by atoms with Gasteiger partial charge in [0.15, 0.2) is 0 Å². The molecule has 3 unspecified atom stereocenters. The molecule has 3 heteroatoms. The number of hydrogen-bond donors (Lipinski definition) is 1. The number of benzene rings is 1. The van der Waals surface area contributed by atoms with Crippen molar-refractivity contribution < 1.29 is 0 Å². The molecule has 19 heavy (non-hydrogen) atoms. The summed E-state index contributed by atoms with van der Waals surface area (Å²) < 4.78 is 1.22. The second kappa shape index (κ2) is 7.70. The minimum absolute atomic E-state index is 0.685. The van der Waals surface area contributed by atoms with Crippen molar-refractivity contribution in [1.82, 2.24) is 0 Å². The number of nitrogens with two attached hydrogens (primary N) is 1. The van der Waals surface area contributed by atoms with E-state index in [-0.39, 0.29) is 0 Å². The van der Waals surface area contributed by atoms with Crippen molar-refractivity contribution in [3.63, 3.8) is 0 Å². The third-order valence-electron chi connectivity index (χ3n) is 4.15. The first-order valence-electron chi connectivity index (χ1n) is 7.35. The van der Waals surface area contributed by atoms with E-state index < -0.39 is 0 Å². The fraction of sp³-hybridized carbons (Fsp3) is 0.625. The van der Waals surface area contributed by atoms with Crippen LogP contribution in [-0.2, 0) is 0 Å². The van der Waals surface area contributed by atoms with Gasteiger partial charge in [-0.2, -0.15) is 0 Å². The highest BCUT2D eigenvalue weighted by molar-refractivity contribution is 9.10. The normalized spacial score (nSPS) is 27.4. The predicted molar refractivity (Wildman–Crippen MR) is 88.6 cm³/mol. The van der Waals surface area contributed by atoms with Crippen molar-refractivity contribution in [2.75, 3.05) is 6.54 Å². The Hall–Kier alpha value is 0.01000. The van der Waals surface area contributed by atoms with Gasteiger partial charge in [0.05, 0.1) is 0 Å². The maximum absolute atomic E-state index is 5.98. The topological polar surface area (TPSA) is 26.0 Å². The molecule has 1 saturated carbocycles. The largest absolute Gasteiger partial charge is 0.330 e. The molecule has 1 aliphatic carbocycles. The Morgan fingerprint density at radius 3 is 2.79 bits per heavy atom. The molecule has 1 aliphatic rings. The van der Waals surface area contributed by atoms with Gasteiger partial charge in [-0.15, -0.1) is 11.8 Å². The second-order valence-electron chi connectivity index (χ2n) is 5.55. The van der Waals surface area contributed by atoms with E-state index in [0.29, 0.717) is 11.2 Å². The predicted octanol–water partition coefficient (Wildman–Crippen LogP) is 5.08. The molecule has 0 spiro atoms. The smallest absolute Gasteiger partial charge is 0.0311 e. The zero-order valence-electron chi connectivity index (χ0n) is 11.6. The van der Waals surface area contributed by atoms with Gasteiger partial charge >= 0.3 is 0 Å². The molecule has 1 aromatic rings. The maximum atomic E-state index is 5.98. The van der Waals surface area contributed by atoms with E-state index in [1.807, 2.05) is 11.8 Å². The van der Waals surface area contributed by atoms with Crippen LogP contribution in [0.5, 0.6) is 0 Å². The standard InChI is InChI=1S/C16H24BrNS/c1-2-5-12-8-9-13(11-18)16(10-12)19-15-7-4-3-6-14(15)17/h3-4,6-7,12-13,16H,2,5,8-11,18H2,1H3. The summed E-state index contributed by atoms with van der Waals surface area (Å²) in [4.78, 5) is 1.36. The first-order valence-corrected chi connectivity index (χ1v) is 9.03. The minimum Gasteiger partial charge on any atom is -0.330 e. The van der Waals surface area contributed by atoms with Crippen LogP contribution in [0.25, 0.3) is 0 Å². The Labute approximate surface area is 129 Å². The van der Waals surface area contributed by atoms with Crippen LogP contribution in [0.4, 0.5) is 0 Å². The van der Waals surface area contributed by atoms with Crippen LogP contribution in [0, 0.1) is 11.8 Å². The van der Waals surface area contributed by atoms with E-state index in [4.69, 9.17) is 5.73 Å². The van der Waals surface area contributed by atoms with Crippen molar-refractivity contribution in [3.05, 3.63) is 28.7 Å². The van der Waals surface area contributed by atoms with E-state index in [1.165, 1.54) is 41.5 Å². The minimum atomic E-state index is 0.685. The highest BCUT2D eigenvalue weighted by atomic mass is 79.9. The van der Waals surface area contributed by atoms with Crippen molar-refractivity contribution in [2.24, 2.45) is 17.6 Å². The van der Waals surface area contributed by atoms with Gasteiger partial charge in [-0.25, -0.2) is 0 Å². The lowest BCUT2D eigenvalue weighted by Crippen LogP contribution is -2.32. The average molecular weight is 342 g/mol. The molecule has 0 heterocycles. The Morgan fingerprint density at radius 1 is 1.32 bits per heavy atom. The first kappa shape index (κ1) is 15.4. The highest BCUT2D eigenvalue weighted by Gasteiger charge is 2.30. The fourth-order valence-electron chi connectivity index (χ4n) is 3.06. The van der Waals surface area contributed by atoms with Gasteiger partial charge in [0.25, 0.3) is 0 Å². The Balaban J connectivity index is 2.04. The number of thioether (sulfide) groups is 1. The molecule has 106 valence electrons. The van der Waals surface area contributed by atoms with Gasteiger partial charge in [-0.3, -0.25) is 0 Å². The molecule has 0 saturated heterocycles. The molecule has 2 N–H and O–H groups in total. The molecule has 0 aromatic heterocycles. The van der Waals surface area contributed by atoms with Gasteiger partial charge in [-0.1, -0.05) is 38.3 Å². The van der Waals surface area contributed by atoms with Crippen molar-refractivity contribution in [1.29, 1.82) is 0 Å². The molecule has 3 atom stereocenters. The van der Waals surface area contributed by atoms with Gasteiger partial charge in [0.2, 0.25) is 0 Å². The Bertz CT molecular complexity index is 396. The quantitative estimate of drug-likeness (QED) is 0.807. The summed E-state index contributed by atoms with van der Waals surface area (Å²) in [7, 11) is 0. The molecule has 0 bridgehead atoms. The van der Waals surface area contributed by atoms with E-state index in [9.17, 15) is 0 Å². The summed E-state index contributed by atoms with van der Waals surface area (Å²) in [6, 6.07) is 8.55. The lowest BCUT2D eigenvalue weighted by Gasteiger charge is -2.35. The summed E-state index contributed by atoms with van der Waals surface area (Å²) in [6.07, 6.45) is 6.71. The molecule has 1 nitrogen and oxygen atoms in total. The van der Waals surface area contributed by atoms with E-state index in [0.717, 1.165) is 12.5 Å². The average Bonchev–Trinajstić information content (AvgIpc) is 2.42. The molecule has 0 amide bonds. The van der Waals surface area contributed by atoms with Crippen LogP contribution in [0.15, 0.2) is 33.6 Å². The van der Waals surface area contributed by atoms with E-state index >= 15 is 0 Å². The molecule has 1 aromatic carbocycles. The monoisotopic (exact) mass is 341 g/mol. The molecule has 0 aliphatic heterocycles. The third kappa shape index (κ3) is 4.24. The van der Waals surface area contributed by atoms with Crippen molar-refractivity contribution in [2.45, 2.75) is 49.2 Å². The maximum Gasteiger partial charge on any atom is 0.0311 e. The molecule has 0 radical (unpaired) electrons. The van der Waals surface area contributed by atoms with Gasteiger partial charge in [0.1, 0.15) is 0 Å². The van der Waals surface area contributed by atoms with Crippen molar-refractivity contribution in [3.8, 4) is 0 Å². The van der Waals surface area contributed by atoms with Crippen LogP contribution in [0.3, 0.4) is 0 Å². The highest BCUT2D eigenvalue weighted by Crippen LogP contribution is 2.42. The van der Waals surface area contributed by atoms with Crippen molar-refractivity contribution >= 4 is 27.7 Å². The van der Waals surface area contributed by atoms with E-state index in [2.05, 4.69) is 47.1 Å². The van der Waals surface area contributed by atoms with Crippen LogP contribution in [0.2, 0.25) is 0 Å². The summed E-state index contributed by atoms with van der Waals surface area (Å²) in [5.74, 6) is 1.60. The SMILES string of the molecule is CCCC1CCC(CN)C(Sc2ccccc2Br)C1. The summed E-state index contributed by atoms with van der Waals surface area (Å²) in [5.41, 5.74) is 5.98. The summed E-state index contributed by atoms with van der Waals surface area (Å²) in [6.45, 7) is 3.13. The van der Waals surface area contributed by atoms with Gasteiger partial charge < -0.3 is 5.73 Å². The fourth-order valence-corrected chi connectivity index (χ4v) is 5.10. The van der Waals surface area contributed by atoms with Gasteiger partial charge in [0, 0.05) is 14.6 Å². The Morgan fingerprint density at radius 2 is 2.11 bits per heavy atom. The molecular formula is C16H24BrNS. The second-order valence-corrected chi connectivity index (χ2v) is 7.69. The number of halogens is 1. The molecule has 1 fully saturated rings. The number of rotatable bonds is 5. The first-order chi connectivity index (χ1) is 9.24. The zero-order chi connectivity index (χ0) is 13.7. The zero-order valence-corrected chi connectivity index (χ0v) is 14.1. The lowest BCUT2D eigenvalue weighted by molar-refractivity contribution is 0.276. The van der Waals surface area contributed by atoms with Crippen LogP contribution in [0.1, 0.15) is 39.0 Å². The lowest BCUT2D eigenvalue weighted by atomic mass is 9.80. The molecular weight excluding hydrogens is 318 g/mol. The third-order valence-corrected chi connectivity index (χ3v) is 6.60. The van der Waals surface area contributed by atoms with E-state index in [1.54, 1.807) is 0 Å². The van der Waals surface area contributed by atoms with Gasteiger partial charge in [-0.05, 0) is 59.3 Å². The summed E-state index contributed by atoms with van der Waals surface area (Å²) >= 11 is 5.69.